The summed E-state index contributed by atoms with van der Waals surface area (Å²) in [5.74, 6) is 0.149. The van der Waals surface area contributed by atoms with Gasteiger partial charge in [0, 0.05) is 48.3 Å². The van der Waals surface area contributed by atoms with Crippen molar-refractivity contribution in [1.82, 2.24) is 9.88 Å². The van der Waals surface area contributed by atoms with Gasteiger partial charge in [-0.2, -0.15) is 0 Å². The monoisotopic (exact) mass is 436 g/mol. The number of rotatable bonds is 6. The van der Waals surface area contributed by atoms with E-state index in [2.05, 4.69) is 33.1 Å². The van der Waals surface area contributed by atoms with Crippen LogP contribution in [0.25, 0.3) is 10.9 Å². The Hall–Kier alpha value is -3.52. The first-order chi connectivity index (χ1) is 15.5. The van der Waals surface area contributed by atoms with Crippen LogP contribution in [-0.2, 0) is 9.53 Å². The van der Waals surface area contributed by atoms with Gasteiger partial charge in [-0.05, 0) is 25.1 Å². The van der Waals surface area contributed by atoms with E-state index in [-0.39, 0.29) is 24.2 Å². The molecule has 1 aliphatic rings. The van der Waals surface area contributed by atoms with Crippen molar-refractivity contribution in [2.24, 2.45) is 0 Å². The highest BCUT2D eigenvalue weighted by Crippen LogP contribution is 2.29. The number of nitrogens with one attached hydrogen (secondary N) is 2. The van der Waals surface area contributed by atoms with Crippen LogP contribution in [0, 0.1) is 0 Å². The van der Waals surface area contributed by atoms with Gasteiger partial charge in [-0.25, -0.2) is 4.79 Å². The van der Waals surface area contributed by atoms with E-state index in [0.717, 1.165) is 42.0 Å². The van der Waals surface area contributed by atoms with E-state index in [0.29, 0.717) is 5.69 Å². The van der Waals surface area contributed by atoms with Crippen LogP contribution in [0.4, 0.5) is 11.4 Å². The van der Waals surface area contributed by atoms with Crippen molar-refractivity contribution in [3.05, 3.63) is 54.2 Å². The van der Waals surface area contributed by atoms with Crippen molar-refractivity contribution >= 4 is 34.2 Å². The Morgan fingerprint density at radius 2 is 1.94 bits per heavy atom. The summed E-state index contributed by atoms with van der Waals surface area (Å²) in [5.41, 5.74) is 2.59. The number of amides is 1. The Bertz CT molecular complexity index is 1130. The molecule has 1 aliphatic heterocycles. The number of H-pyrrole nitrogens is 1. The maximum atomic E-state index is 12.9. The molecule has 8 heteroatoms. The highest BCUT2D eigenvalue weighted by atomic mass is 16.5. The van der Waals surface area contributed by atoms with Crippen LogP contribution in [-0.4, -0.2) is 68.2 Å². The van der Waals surface area contributed by atoms with Gasteiger partial charge in [-0.15, -0.1) is 0 Å². The number of fused-ring (bicyclic) bond motifs is 1. The molecule has 1 fully saturated rings. The van der Waals surface area contributed by atoms with Gasteiger partial charge in [0.25, 0.3) is 0 Å². The number of benzene rings is 2. The Labute approximate surface area is 187 Å². The number of aromatic amines is 1. The second-order valence-electron chi connectivity index (χ2n) is 7.94. The minimum atomic E-state index is -0.517. The molecule has 32 heavy (non-hydrogen) atoms. The van der Waals surface area contributed by atoms with E-state index in [1.54, 1.807) is 7.11 Å². The lowest BCUT2D eigenvalue weighted by atomic mass is 10.1. The molecule has 0 saturated carbocycles. The standard InChI is InChI=1S/C24H28N4O4/c1-16-14-27(11-12-28(16)17-7-6-8-18(13-17)31-2)15-21(29)26-22-19-9-4-5-10-20(19)25-23(22)24(30)32-3/h4-10,13,16,25H,11-12,14-15H2,1-3H3,(H,26,29)/t16-/m0/s1. The molecule has 168 valence electrons. The fourth-order valence-electron chi connectivity index (χ4n) is 4.26. The van der Waals surface area contributed by atoms with Gasteiger partial charge in [0.05, 0.1) is 26.5 Å². The van der Waals surface area contributed by atoms with Crippen LogP contribution < -0.4 is 15.0 Å². The zero-order chi connectivity index (χ0) is 22.7. The fraction of sp³-hybridized carbons (Fsp3) is 0.333. The van der Waals surface area contributed by atoms with E-state index >= 15 is 0 Å². The summed E-state index contributed by atoms with van der Waals surface area (Å²) in [5, 5.41) is 3.70. The van der Waals surface area contributed by atoms with Gasteiger partial charge >= 0.3 is 5.97 Å². The maximum absolute atomic E-state index is 12.9. The molecule has 3 aromatic rings. The average Bonchev–Trinajstić information content (AvgIpc) is 3.17. The van der Waals surface area contributed by atoms with Crippen molar-refractivity contribution in [2.75, 3.05) is 50.6 Å². The SMILES string of the molecule is COC(=O)c1[nH]c2ccccc2c1NC(=O)CN1CCN(c2cccc(OC)c2)[C@@H](C)C1. The number of aromatic nitrogens is 1. The first kappa shape index (κ1) is 21.7. The topological polar surface area (TPSA) is 86.9 Å². The number of piperazine rings is 1. The van der Waals surface area contributed by atoms with Gasteiger partial charge in [-0.3, -0.25) is 9.69 Å². The number of carbonyl (C=O) groups excluding carboxylic acids is 2. The summed E-state index contributed by atoms with van der Waals surface area (Å²) >= 11 is 0. The Morgan fingerprint density at radius 1 is 1.12 bits per heavy atom. The van der Waals surface area contributed by atoms with Crippen molar-refractivity contribution in [1.29, 1.82) is 0 Å². The van der Waals surface area contributed by atoms with Crippen molar-refractivity contribution < 1.29 is 19.1 Å². The largest absolute Gasteiger partial charge is 0.497 e. The van der Waals surface area contributed by atoms with E-state index in [4.69, 9.17) is 9.47 Å². The molecule has 0 aliphatic carbocycles. The highest BCUT2D eigenvalue weighted by Gasteiger charge is 2.26. The number of para-hydroxylation sites is 1. The minimum Gasteiger partial charge on any atom is -0.497 e. The van der Waals surface area contributed by atoms with E-state index in [9.17, 15) is 9.59 Å². The number of nitrogens with zero attached hydrogens (tertiary/aromatic N) is 2. The number of anilines is 2. The number of methoxy groups -OCH3 is 2. The van der Waals surface area contributed by atoms with Crippen LogP contribution >= 0.6 is 0 Å². The predicted molar refractivity (Wildman–Crippen MR) is 125 cm³/mol. The Kier molecular flexibility index (Phi) is 6.32. The number of hydrogen-bond donors (Lipinski definition) is 2. The molecular weight excluding hydrogens is 408 g/mol. The van der Waals surface area contributed by atoms with E-state index in [1.165, 1.54) is 7.11 Å². The molecule has 2 N–H and O–H groups in total. The van der Waals surface area contributed by atoms with Gasteiger partial charge in [0.1, 0.15) is 11.4 Å². The normalized spacial score (nSPS) is 16.7. The number of ether oxygens (including phenoxy) is 2. The maximum Gasteiger partial charge on any atom is 0.356 e. The van der Waals surface area contributed by atoms with Crippen LogP contribution in [0.5, 0.6) is 5.75 Å². The van der Waals surface area contributed by atoms with Crippen molar-refractivity contribution in [3.8, 4) is 5.75 Å². The summed E-state index contributed by atoms with van der Waals surface area (Å²) in [6.07, 6.45) is 0. The third-order valence-corrected chi connectivity index (χ3v) is 5.82. The zero-order valence-corrected chi connectivity index (χ0v) is 18.6. The Balaban J connectivity index is 1.43. The van der Waals surface area contributed by atoms with Gasteiger partial charge in [-0.1, -0.05) is 24.3 Å². The summed E-state index contributed by atoms with van der Waals surface area (Å²) in [6.45, 7) is 4.71. The molecule has 8 nitrogen and oxygen atoms in total. The number of hydrogen-bond acceptors (Lipinski definition) is 6. The molecule has 2 aromatic carbocycles. The second-order valence-corrected chi connectivity index (χ2v) is 7.94. The summed E-state index contributed by atoms with van der Waals surface area (Å²) in [4.78, 5) is 32.6. The van der Waals surface area contributed by atoms with Gasteiger partial charge in [0.15, 0.2) is 0 Å². The number of esters is 1. The van der Waals surface area contributed by atoms with Gasteiger partial charge in [0.2, 0.25) is 5.91 Å². The molecular formula is C24H28N4O4. The van der Waals surface area contributed by atoms with Crippen LogP contribution in [0.2, 0.25) is 0 Å². The molecule has 0 unspecified atom stereocenters. The number of carbonyl (C=O) groups is 2. The lowest BCUT2D eigenvalue weighted by Gasteiger charge is -2.41. The lowest BCUT2D eigenvalue weighted by Crippen LogP contribution is -2.53. The third kappa shape index (κ3) is 4.40. The third-order valence-electron chi connectivity index (χ3n) is 5.82. The summed E-state index contributed by atoms with van der Waals surface area (Å²) in [7, 11) is 2.99. The van der Waals surface area contributed by atoms with E-state index in [1.807, 2.05) is 42.5 Å². The van der Waals surface area contributed by atoms with Crippen molar-refractivity contribution in [3.63, 3.8) is 0 Å². The predicted octanol–water partition coefficient (Wildman–Crippen LogP) is 3.11. The molecule has 0 radical (unpaired) electrons. The quantitative estimate of drug-likeness (QED) is 0.578. The van der Waals surface area contributed by atoms with E-state index < -0.39 is 5.97 Å². The Morgan fingerprint density at radius 3 is 2.69 bits per heavy atom. The smallest absolute Gasteiger partial charge is 0.356 e. The first-order valence-corrected chi connectivity index (χ1v) is 10.6. The molecule has 0 spiro atoms. The molecule has 1 atom stereocenters. The average molecular weight is 437 g/mol. The van der Waals surface area contributed by atoms with Crippen LogP contribution in [0.3, 0.4) is 0 Å². The van der Waals surface area contributed by atoms with Crippen molar-refractivity contribution in [2.45, 2.75) is 13.0 Å². The second kappa shape index (κ2) is 9.32. The summed E-state index contributed by atoms with van der Waals surface area (Å²) < 4.78 is 10.2. The molecule has 1 amide bonds. The lowest BCUT2D eigenvalue weighted by molar-refractivity contribution is -0.117. The minimum absolute atomic E-state index is 0.165. The molecule has 0 bridgehead atoms. The first-order valence-electron chi connectivity index (χ1n) is 10.6. The molecule has 1 aromatic heterocycles. The fourth-order valence-corrected chi connectivity index (χ4v) is 4.26. The molecule has 2 heterocycles. The molecule has 4 rings (SSSR count). The van der Waals surface area contributed by atoms with Crippen LogP contribution in [0.15, 0.2) is 48.5 Å². The highest BCUT2D eigenvalue weighted by molar-refractivity contribution is 6.11. The van der Waals surface area contributed by atoms with Crippen LogP contribution in [0.1, 0.15) is 17.4 Å². The summed E-state index contributed by atoms with van der Waals surface area (Å²) in [6, 6.07) is 15.7. The molecule has 1 saturated heterocycles. The zero-order valence-electron chi connectivity index (χ0n) is 18.6. The van der Waals surface area contributed by atoms with Gasteiger partial charge < -0.3 is 24.7 Å².